The SMILES string of the molecule is CC1(C)Cc2cccc(C(CO)Nc3ccccc3)c2O1. The van der Waals surface area contributed by atoms with Crippen LogP contribution in [-0.4, -0.2) is 17.3 Å². The number of aliphatic hydroxyl groups excluding tert-OH is 1. The second-order valence-corrected chi connectivity index (χ2v) is 6.12. The van der Waals surface area contributed by atoms with Gasteiger partial charge < -0.3 is 15.2 Å². The van der Waals surface area contributed by atoms with Crippen molar-refractivity contribution in [3.05, 3.63) is 59.7 Å². The molecule has 0 saturated carbocycles. The lowest BCUT2D eigenvalue weighted by Gasteiger charge is -2.22. The number of nitrogens with one attached hydrogen (secondary N) is 1. The molecular formula is C18H21NO2. The average molecular weight is 283 g/mol. The summed E-state index contributed by atoms with van der Waals surface area (Å²) in [6.45, 7) is 4.21. The average Bonchev–Trinajstić information content (AvgIpc) is 2.79. The van der Waals surface area contributed by atoms with E-state index in [9.17, 15) is 5.11 Å². The summed E-state index contributed by atoms with van der Waals surface area (Å²) < 4.78 is 6.09. The Morgan fingerprint density at radius 1 is 1.14 bits per heavy atom. The van der Waals surface area contributed by atoms with Crippen molar-refractivity contribution in [2.45, 2.75) is 31.9 Å². The summed E-state index contributed by atoms with van der Waals surface area (Å²) in [6.07, 6.45) is 0.902. The maximum atomic E-state index is 9.78. The highest BCUT2D eigenvalue weighted by molar-refractivity contribution is 5.52. The fraction of sp³-hybridized carbons (Fsp3) is 0.333. The molecule has 0 spiro atoms. The molecule has 21 heavy (non-hydrogen) atoms. The Kier molecular flexibility index (Phi) is 3.60. The van der Waals surface area contributed by atoms with Gasteiger partial charge in [0.1, 0.15) is 11.4 Å². The van der Waals surface area contributed by atoms with Crippen molar-refractivity contribution >= 4 is 5.69 Å². The maximum absolute atomic E-state index is 9.78. The Morgan fingerprint density at radius 2 is 1.90 bits per heavy atom. The smallest absolute Gasteiger partial charge is 0.128 e. The normalized spacial score (nSPS) is 16.9. The second-order valence-electron chi connectivity index (χ2n) is 6.12. The van der Waals surface area contributed by atoms with E-state index in [-0.39, 0.29) is 18.2 Å². The van der Waals surface area contributed by atoms with Gasteiger partial charge in [0.2, 0.25) is 0 Å². The number of para-hydroxylation sites is 2. The van der Waals surface area contributed by atoms with E-state index >= 15 is 0 Å². The minimum atomic E-state index is -0.175. The minimum Gasteiger partial charge on any atom is -0.487 e. The number of hydrogen-bond donors (Lipinski definition) is 2. The van der Waals surface area contributed by atoms with Gasteiger partial charge in [-0.1, -0.05) is 36.4 Å². The van der Waals surface area contributed by atoms with E-state index < -0.39 is 0 Å². The predicted octanol–water partition coefficient (Wildman–Crippen LogP) is 3.55. The van der Waals surface area contributed by atoms with Crippen molar-refractivity contribution in [2.75, 3.05) is 11.9 Å². The quantitative estimate of drug-likeness (QED) is 0.901. The Morgan fingerprint density at radius 3 is 2.62 bits per heavy atom. The highest BCUT2D eigenvalue weighted by Gasteiger charge is 2.33. The van der Waals surface area contributed by atoms with Crippen LogP contribution in [-0.2, 0) is 6.42 Å². The molecule has 1 unspecified atom stereocenters. The summed E-state index contributed by atoms with van der Waals surface area (Å²) in [6, 6.07) is 15.9. The Hall–Kier alpha value is -2.00. The molecule has 1 aliphatic heterocycles. The highest BCUT2D eigenvalue weighted by atomic mass is 16.5. The highest BCUT2D eigenvalue weighted by Crippen LogP contribution is 2.40. The van der Waals surface area contributed by atoms with E-state index in [0.717, 1.165) is 23.4 Å². The molecule has 1 atom stereocenters. The topological polar surface area (TPSA) is 41.5 Å². The van der Waals surface area contributed by atoms with Gasteiger partial charge in [-0.3, -0.25) is 0 Å². The van der Waals surface area contributed by atoms with Crippen LogP contribution in [0.1, 0.15) is 31.0 Å². The van der Waals surface area contributed by atoms with Gasteiger partial charge in [-0.25, -0.2) is 0 Å². The zero-order valence-corrected chi connectivity index (χ0v) is 12.5. The lowest BCUT2D eigenvalue weighted by Crippen LogP contribution is -2.25. The lowest BCUT2D eigenvalue weighted by atomic mass is 9.98. The van der Waals surface area contributed by atoms with Gasteiger partial charge in [0.05, 0.1) is 12.6 Å². The van der Waals surface area contributed by atoms with E-state index in [1.165, 1.54) is 5.56 Å². The number of anilines is 1. The molecule has 1 aliphatic rings. The van der Waals surface area contributed by atoms with Crippen LogP contribution in [0.3, 0.4) is 0 Å². The summed E-state index contributed by atoms with van der Waals surface area (Å²) in [5.41, 5.74) is 3.05. The van der Waals surface area contributed by atoms with Crippen LogP contribution in [0.15, 0.2) is 48.5 Å². The zero-order valence-electron chi connectivity index (χ0n) is 12.5. The third-order valence-corrected chi connectivity index (χ3v) is 3.79. The first-order valence-electron chi connectivity index (χ1n) is 7.32. The molecule has 0 saturated heterocycles. The second kappa shape index (κ2) is 5.41. The summed E-state index contributed by atoms with van der Waals surface area (Å²) in [7, 11) is 0. The Labute approximate surface area is 125 Å². The maximum Gasteiger partial charge on any atom is 0.128 e. The molecule has 0 aliphatic carbocycles. The molecule has 0 radical (unpaired) electrons. The van der Waals surface area contributed by atoms with E-state index in [1.54, 1.807) is 0 Å². The standard InChI is InChI=1S/C18H21NO2/c1-18(2)11-13-7-6-10-15(17(13)21-18)16(12-20)19-14-8-4-3-5-9-14/h3-10,16,19-20H,11-12H2,1-2H3. The van der Waals surface area contributed by atoms with E-state index in [1.807, 2.05) is 42.5 Å². The zero-order chi connectivity index (χ0) is 14.9. The molecule has 2 aromatic rings. The molecule has 2 aromatic carbocycles. The van der Waals surface area contributed by atoms with Crippen LogP contribution in [0.4, 0.5) is 5.69 Å². The van der Waals surface area contributed by atoms with Gasteiger partial charge in [-0.2, -0.15) is 0 Å². The van der Waals surface area contributed by atoms with Crippen molar-refractivity contribution in [3.63, 3.8) is 0 Å². The molecule has 0 aromatic heterocycles. The molecule has 0 fully saturated rings. The van der Waals surface area contributed by atoms with Crippen molar-refractivity contribution in [3.8, 4) is 5.75 Å². The third-order valence-electron chi connectivity index (χ3n) is 3.79. The molecule has 0 bridgehead atoms. The van der Waals surface area contributed by atoms with Crippen molar-refractivity contribution in [1.82, 2.24) is 0 Å². The number of aliphatic hydroxyl groups is 1. The van der Waals surface area contributed by atoms with Crippen LogP contribution in [0, 0.1) is 0 Å². The van der Waals surface area contributed by atoms with E-state index in [4.69, 9.17) is 4.74 Å². The monoisotopic (exact) mass is 283 g/mol. The largest absolute Gasteiger partial charge is 0.487 e. The summed E-state index contributed by atoms with van der Waals surface area (Å²) in [5, 5.41) is 13.2. The van der Waals surface area contributed by atoms with Crippen molar-refractivity contribution in [2.24, 2.45) is 0 Å². The molecule has 0 amide bonds. The van der Waals surface area contributed by atoms with Crippen LogP contribution in [0.25, 0.3) is 0 Å². The van der Waals surface area contributed by atoms with E-state index in [0.29, 0.717) is 0 Å². The van der Waals surface area contributed by atoms with Crippen molar-refractivity contribution in [1.29, 1.82) is 0 Å². The first-order valence-corrected chi connectivity index (χ1v) is 7.32. The summed E-state index contributed by atoms with van der Waals surface area (Å²) >= 11 is 0. The van der Waals surface area contributed by atoms with Crippen LogP contribution in [0.2, 0.25) is 0 Å². The van der Waals surface area contributed by atoms with Crippen LogP contribution >= 0.6 is 0 Å². The number of rotatable bonds is 4. The molecule has 3 heteroatoms. The molecule has 110 valence electrons. The van der Waals surface area contributed by atoms with Gasteiger partial charge in [-0.05, 0) is 31.5 Å². The molecule has 2 N–H and O–H groups in total. The minimum absolute atomic E-state index is 0.0230. The number of hydrogen-bond acceptors (Lipinski definition) is 3. The number of fused-ring (bicyclic) bond motifs is 1. The van der Waals surface area contributed by atoms with Crippen molar-refractivity contribution < 1.29 is 9.84 Å². The first-order chi connectivity index (χ1) is 10.1. The molecule has 1 heterocycles. The Bertz CT molecular complexity index is 622. The first kappa shape index (κ1) is 14.0. The van der Waals surface area contributed by atoms with Gasteiger partial charge >= 0.3 is 0 Å². The summed E-state index contributed by atoms with van der Waals surface area (Å²) in [4.78, 5) is 0. The number of ether oxygens (including phenoxy) is 1. The third kappa shape index (κ3) is 2.88. The lowest BCUT2D eigenvalue weighted by molar-refractivity contribution is 0.136. The molecule has 3 rings (SSSR count). The summed E-state index contributed by atoms with van der Waals surface area (Å²) in [5.74, 6) is 0.921. The van der Waals surface area contributed by atoms with Gasteiger partial charge in [0.25, 0.3) is 0 Å². The van der Waals surface area contributed by atoms with Crippen LogP contribution in [0.5, 0.6) is 5.75 Å². The van der Waals surface area contributed by atoms with Gasteiger partial charge in [-0.15, -0.1) is 0 Å². The van der Waals surface area contributed by atoms with Gasteiger partial charge in [0, 0.05) is 17.7 Å². The molecular weight excluding hydrogens is 262 g/mol. The van der Waals surface area contributed by atoms with Gasteiger partial charge in [0.15, 0.2) is 0 Å². The fourth-order valence-corrected chi connectivity index (χ4v) is 2.87. The number of benzene rings is 2. The fourth-order valence-electron chi connectivity index (χ4n) is 2.87. The Balaban J connectivity index is 1.91. The predicted molar refractivity (Wildman–Crippen MR) is 84.7 cm³/mol. The molecule has 3 nitrogen and oxygen atoms in total. The van der Waals surface area contributed by atoms with Crippen LogP contribution < -0.4 is 10.1 Å². The van der Waals surface area contributed by atoms with E-state index in [2.05, 4.69) is 25.2 Å².